The summed E-state index contributed by atoms with van der Waals surface area (Å²) in [6.45, 7) is 2.72. The van der Waals surface area contributed by atoms with Crippen molar-refractivity contribution in [3.8, 4) is 16.5 Å². The highest BCUT2D eigenvalue weighted by Gasteiger charge is 2.17. The molecule has 0 aliphatic heterocycles. The van der Waals surface area contributed by atoms with Gasteiger partial charge in [0.05, 0.1) is 23.5 Å². The maximum absolute atomic E-state index is 12.4. The number of hydrogen-bond donors (Lipinski definition) is 0. The van der Waals surface area contributed by atoms with Crippen LogP contribution in [0.15, 0.2) is 46.2 Å². The van der Waals surface area contributed by atoms with Gasteiger partial charge in [0.15, 0.2) is 0 Å². The highest BCUT2D eigenvalue weighted by Crippen LogP contribution is 2.26. The predicted octanol–water partition coefficient (Wildman–Crippen LogP) is 4.44. The monoisotopic (exact) mass is 390 g/mol. The summed E-state index contributed by atoms with van der Waals surface area (Å²) in [5.41, 5.74) is 0.670. The van der Waals surface area contributed by atoms with Gasteiger partial charge in [-0.2, -0.15) is 0 Å². The molecule has 0 N–H and O–H groups in total. The summed E-state index contributed by atoms with van der Waals surface area (Å²) < 4.78 is 11.3. The Balaban J connectivity index is 1.52. The zero-order valence-electron chi connectivity index (χ0n) is 14.6. The number of aryl methyl sites for hydroxylation is 1. The van der Waals surface area contributed by atoms with Gasteiger partial charge in [-0.1, -0.05) is 17.7 Å². The first-order chi connectivity index (χ1) is 12.5. The molecule has 2 heterocycles. The number of ether oxygens (including phenoxy) is 1. The fraction of sp³-hybridized carbons (Fsp3) is 0.263. The van der Waals surface area contributed by atoms with E-state index in [0.29, 0.717) is 35.5 Å². The molecule has 0 aliphatic carbocycles. The van der Waals surface area contributed by atoms with E-state index in [1.807, 2.05) is 24.4 Å². The average molecular weight is 391 g/mol. The summed E-state index contributed by atoms with van der Waals surface area (Å²) in [5, 5.41) is 2.63. The van der Waals surface area contributed by atoms with Gasteiger partial charge in [-0.25, -0.2) is 4.98 Å². The molecular formula is C19H19ClN2O3S. The van der Waals surface area contributed by atoms with Crippen LogP contribution in [0.4, 0.5) is 0 Å². The molecule has 2 aromatic heterocycles. The number of likely N-dealkylation sites (N-methyl/N-ethyl adjacent to an activating group) is 1. The van der Waals surface area contributed by atoms with E-state index in [1.54, 1.807) is 47.5 Å². The summed E-state index contributed by atoms with van der Waals surface area (Å²) in [6.07, 6.45) is 0.207. The minimum absolute atomic E-state index is 0.0289. The highest BCUT2D eigenvalue weighted by atomic mass is 35.5. The van der Waals surface area contributed by atoms with Crippen molar-refractivity contribution in [2.75, 3.05) is 20.2 Å². The van der Waals surface area contributed by atoms with Crippen molar-refractivity contribution in [2.45, 2.75) is 13.3 Å². The topological polar surface area (TPSA) is 55.6 Å². The van der Waals surface area contributed by atoms with Crippen molar-refractivity contribution in [3.05, 3.63) is 58.3 Å². The van der Waals surface area contributed by atoms with Crippen molar-refractivity contribution < 1.29 is 13.9 Å². The van der Waals surface area contributed by atoms with Gasteiger partial charge >= 0.3 is 0 Å². The lowest BCUT2D eigenvalue weighted by molar-refractivity contribution is -0.129. The molecule has 3 aromatic rings. The van der Waals surface area contributed by atoms with Crippen LogP contribution in [0, 0.1) is 6.92 Å². The molecular weight excluding hydrogens is 372 g/mol. The Bertz CT molecular complexity index is 860. The number of aromatic nitrogens is 1. The van der Waals surface area contributed by atoms with Gasteiger partial charge in [0.2, 0.25) is 11.8 Å². The lowest BCUT2D eigenvalue weighted by Crippen LogP contribution is -2.32. The van der Waals surface area contributed by atoms with E-state index in [4.69, 9.17) is 20.8 Å². The first-order valence-corrected chi connectivity index (χ1v) is 9.41. The largest absolute Gasteiger partial charge is 0.492 e. The lowest BCUT2D eigenvalue weighted by atomic mass is 10.2. The molecule has 0 fully saturated rings. The van der Waals surface area contributed by atoms with Crippen molar-refractivity contribution in [1.82, 2.24) is 9.88 Å². The van der Waals surface area contributed by atoms with Gasteiger partial charge in [-0.3, -0.25) is 4.79 Å². The summed E-state index contributed by atoms with van der Waals surface area (Å²) in [5.74, 6) is 1.93. The number of thiophene rings is 1. The fourth-order valence-corrected chi connectivity index (χ4v) is 3.11. The molecule has 3 rings (SSSR count). The van der Waals surface area contributed by atoms with Gasteiger partial charge in [0, 0.05) is 12.1 Å². The molecule has 0 saturated carbocycles. The molecule has 7 heteroatoms. The zero-order chi connectivity index (χ0) is 18.5. The standard InChI is InChI=1S/C19H19ClN2O3S/c1-13-16(21-19(25-13)17-4-3-11-26-17)12-18(23)22(2)9-10-24-15-7-5-14(20)6-8-15/h3-8,11H,9-10,12H2,1-2H3. The first kappa shape index (κ1) is 18.5. The molecule has 26 heavy (non-hydrogen) atoms. The summed E-state index contributed by atoms with van der Waals surface area (Å²) in [7, 11) is 1.75. The maximum Gasteiger partial charge on any atom is 0.236 e. The van der Waals surface area contributed by atoms with Crippen LogP contribution in [0.3, 0.4) is 0 Å². The third kappa shape index (κ3) is 4.65. The van der Waals surface area contributed by atoms with Crippen LogP contribution in [0.5, 0.6) is 5.75 Å². The van der Waals surface area contributed by atoms with Gasteiger partial charge < -0.3 is 14.1 Å². The van der Waals surface area contributed by atoms with E-state index in [0.717, 1.165) is 10.6 Å². The SMILES string of the molecule is Cc1oc(-c2cccs2)nc1CC(=O)N(C)CCOc1ccc(Cl)cc1. The predicted molar refractivity (Wildman–Crippen MR) is 103 cm³/mol. The highest BCUT2D eigenvalue weighted by molar-refractivity contribution is 7.13. The minimum Gasteiger partial charge on any atom is -0.492 e. The molecule has 5 nitrogen and oxygen atoms in total. The molecule has 0 unspecified atom stereocenters. The van der Waals surface area contributed by atoms with E-state index >= 15 is 0 Å². The number of amides is 1. The van der Waals surface area contributed by atoms with Crippen molar-refractivity contribution >= 4 is 28.8 Å². The second kappa shape index (κ2) is 8.38. The van der Waals surface area contributed by atoms with E-state index in [2.05, 4.69) is 4.98 Å². The second-order valence-electron chi connectivity index (χ2n) is 5.79. The third-order valence-corrected chi connectivity index (χ3v) is 4.99. The van der Waals surface area contributed by atoms with Crippen molar-refractivity contribution in [3.63, 3.8) is 0 Å². The Kier molecular flexibility index (Phi) is 5.96. The van der Waals surface area contributed by atoms with Gasteiger partial charge in [-0.05, 0) is 42.6 Å². The Morgan fingerprint density at radius 2 is 2.08 bits per heavy atom. The number of nitrogens with zero attached hydrogens (tertiary/aromatic N) is 2. The molecule has 0 bridgehead atoms. The Morgan fingerprint density at radius 3 is 2.77 bits per heavy atom. The first-order valence-electron chi connectivity index (χ1n) is 8.15. The smallest absolute Gasteiger partial charge is 0.236 e. The van der Waals surface area contributed by atoms with E-state index in [9.17, 15) is 4.79 Å². The number of oxazole rings is 1. The Morgan fingerprint density at radius 1 is 1.31 bits per heavy atom. The zero-order valence-corrected chi connectivity index (χ0v) is 16.1. The number of hydrogen-bond acceptors (Lipinski definition) is 5. The quantitative estimate of drug-likeness (QED) is 0.598. The molecule has 0 saturated heterocycles. The number of rotatable bonds is 7. The van der Waals surface area contributed by atoms with Gasteiger partial charge in [0.1, 0.15) is 18.1 Å². The number of carbonyl (C=O) groups is 1. The normalized spacial score (nSPS) is 10.7. The van der Waals surface area contributed by atoms with Crippen LogP contribution in [0.25, 0.3) is 10.8 Å². The van der Waals surface area contributed by atoms with Crippen LogP contribution >= 0.6 is 22.9 Å². The van der Waals surface area contributed by atoms with Crippen LogP contribution in [0.1, 0.15) is 11.5 Å². The molecule has 0 spiro atoms. The van der Waals surface area contributed by atoms with Crippen molar-refractivity contribution in [1.29, 1.82) is 0 Å². The molecule has 136 valence electrons. The third-order valence-electron chi connectivity index (χ3n) is 3.88. The maximum atomic E-state index is 12.4. The summed E-state index contributed by atoms with van der Waals surface area (Å²) in [6, 6.07) is 11.0. The number of halogens is 1. The van der Waals surface area contributed by atoms with Crippen LogP contribution in [-0.4, -0.2) is 36.0 Å². The Labute approximate surface area is 161 Å². The average Bonchev–Trinajstić information content (AvgIpc) is 3.27. The minimum atomic E-state index is -0.0289. The van der Waals surface area contributed by atoms with Crippen LogP contribution < -0.4 is 4.74 Å². The van der Waals surface area contributed by atoms with Gasteiger partial charge in [0.25, 0.3) is 0 Å². The molecule has 0 aliphatic rings. The van der Waals surface area contributed by atoms with E-state index < -0.39 is 0 Å². The molecule has 0 radical (unpaired) electrons. The fourth-order valence-electron chi connectivity index (χ4n) is 2.33. The van der Waals surface area contributed by atoms with E-state index in [1.165, 1.54) is 0 Å². The molecule has 1 aromatic carbocycles. The van der Waals surface area contributed by atoms with E-state index in [-0.39, 0.29) is 12.3 Å². The Hall–Kier alpha value is -2.31. The number of benzene rings is 1. The number of carbonyl (C=O) groups excluding carboxylic acids is 1. The molecule has 1 amide bonds. The summed E-state index contributed by atoms with van der Waals surface area (Å²) in [4.78, 5) is 19.5. The van der Waals surface area contributed by atoms with Crippen LogP contribution in [-0.2, 0) is 11.2 Å². The lowest BCUT2D eigenvalue weighted by Gasteiger charge is -2.17. The van der Waals surface area contributed by atoms with Crippen molar-refractivity contribution in [2.24, 2.45) is 0 Å². The van der Waals surface area contributed by atoms with Gasteiger partial charge in [-0.15, -0.1) is 11.3 Å². The summed E-state index contributed by atoms with van der Waals surface area (Å²) >= 11 is 7.40. The second-order valence-corrected chi connectivity index (χ2v) is 7.18. The molecule has 0 atom stereocenters. The van der Waals surface area contributed by atoms with Crippen LogP contribution in [0.2, 0.25) is 5.02 Å².